The molecule has 1 amide bonds. The summed E-state index contributed by atoms with van der Waals surface area (Å²) in [5.41, 5.74) is -0.408. The van der Waals surface area contributed by atoms with Crippen LogP contribution in [0, 0.1) is 17.2 Å². The van der Waals surface area contributed by atoms with E-state index in [1.165, 1.54) is 12.3 Å². The van der Waals surface area contributed by atoms with Crippen LogP contribution in [0.15, 0.2) is 36.5 Å². The molecular formula is C29H35F4N3O3. The predicted octanol–water partition coefficient (Wildman–Crippen LogP) is 5.31. The summed E-state index contributed by atoms with van der Waals surface area (Å²) in [6.45, 7) is 2.60. The second-order valence-electron chi connectivity index (χ2n) is 11.3. The third-order valence-electron chi connectivity index (χ3n) is 8.56. The van der Waals surface area contributed by atoms with Crippen LogP contribution in [0.2, 0.25) is 0 Å². The number of likely N-dealkylation sites (tertiary alicyclic amines) is 2. The van der Waals surface area contributed by atoms with Crippen LogP contribution in [-0.4, -0.2) is 77.4 Å². The third kappa shape index (κ3) is 6.22. The van der Waals surface area contributed by atoms with Crippen LogP contribution in [-0.2, 0) is 0 Å². The number of pyridine rings is 1. The highest BCUT2D eigenvalue weighted by atomic mass is 19.4. The molecule has 1 saturated carbocycles. The Morgan fingerprint density at radius 3 is 2.44 bits per heavy atom. The summed E-state index contributed by atoms with van der Waals surface area (Å²) < 4.78 is 61.2. The Morgan fingerprint density at radius 1 is 1.08 bits per heavy atom. The maximum Gasteiger partial charge on any atom is 0.395 e. The van der Waals surface area contributed by atoms with Gasteiger partial charge in [-0.15, -0.1) is 0 Å². The Balaban J connectivity index is 1.11. The zero-order chi connectivity index (χ0) is 27.6. The van der Waals surface area contributed by atoms with Crippen molar-refractivity contribution in [2.75, 3.05) is 39.3 Å². The lowest BCUT2D eigenvalue weighted by Gasteiger charge is -2.47. The van der Waals surface area contributed by atoms with E-state index in [4.69, 9.17) is 4.74 Å². The van der Waals surface area contributed by atoms with E-state index >= 15 is 0 Å². The number of halogens is 4. The van der Waals surface area contributed by atoms with Crippen molar-refractivity contribution in [2.24, 2.45) is 11.3 Å². The Bertz CT molecular complexity index is 1150. The summed E-state index contributed by atoms with van der Waals surface area (Å²) in [6, 6.07) is 7.74. The van der Waals surface area contributed by atoms with Crippen LogP contribution in [0.5, 0.6) is 5.88 Å². The molecule has 3 heterocycles. The summed E-state index contributed by atoms with van der Waals surface area (Å²) in [5.74, 6) is -0.179. The summed E-state index contributed by atoms with van der Waals surface area (Å²) in [6.07, 6.45) is 0.888. The number of aromatic nitrogens is 1. The average molecular weight is 550 g/mol. The summed E-state index contributed by atoms with van der Waals surface area (Å²) in [5, 5.41) is 9.82. The van der Waals surface area contributed by atoms with Crippen molar-refractivity contribution < 1.29 is 32.2 Å². The highest BCUT2D eigenvalue weighted by Gasteiger charge is 2.58. The van der Waals surface area contributed by atoms with Crippen molar-refractivity contribution in [1.82, 2.24) is 14.8 Å². The highest BCUT2D eigenvalue weighted by molar-refractivity contribution is 5.95. The lowest BCUT2D eigenvalue weighted by atomic mass is 9.67. The fourth-order valence-electron chi connectivity index (χ4n) is 5.91. The molecule has 10 heteroatoms. The molecule has 0 bridgehead atoms. The summed E-state index contributed by atoms with van der Waals surface area (Å²) in [4.78, 5) is 20.5. The minimum Gasteiger partial charge on any atom is -0.477 e. The van der Waals surface area contributed by atoms with Gasteiger partial charge in [0.2, 0.25) is 5.88 Å². The highest BCUT2D eigenvalue weighted by Crippen LogP contribution is 2.53. The standard InChI is InChI=1S/C29H35F4N3O3/c30-25-15-21(27(38)36-12-1-3-23(37)17-36)4-6-24(25)22-5-7-26(34-16-22)39-18-20-8-13-35(14-9-20)19-28(10-2-11-28)29(31,32)33/h4-7,15-16,20,23,37H,1-3,8-14,17-19H2. The number of hydrogen-bond acceptors (Lipinski definition) is 5. The maximum absolute atomic E-state index is 14.9. The summed E-state index contributed by atoms with van der Waals surface area (Å²) in [7, 11) is 0. The van der Waals surface area contributed by atoms with Crippen LogP contribution in [0.3, 0.4) is 0 Å². The molecule has 1 aliphatic carbocycles. The van der Waals surface area contributed by atoms with E-state index in [9.17, 15) is 27.5 Å². The smallest absolute Gasteiger partial charge is 0.395 e. The monoisotopic (exact) mass is 549 g/mol. The van der Waals surface area contributed by atoms with Crippen molar-refractivity contribution in [3.05, 3.63) is 47.9 Å². The van der Waals surface area contributed by atoms with Gasteiger partial charge < -0.3 is 19.6 Å². The van der Waals surface area contributed by atoms with Crippen LogP contribution in [0.1, 0.15) is 55.3 Å². The van der Waals surface area contributed by atoms with E-state index in [0.717, 1.165) is 19.3 Å². The largest absolute Gasteiger partial charge is 0.477 e. The number of amides is 1. The molecule has 1 atom stereocenters. The van der Waals surface area contributed by atoms with Gasteiger partial charge in [0.05, 0.1) is 18.1 Å². The molecule has 1 N–H and O–H groups in total. The van der Waals surface area contributed by atoms with Gasteiger partial charge in [-0.05, 0) is 75.7 Å². The lowest BCUT2D eigenvalue weighted by molar-refractivity contribution is -0.256. The minimum atomic E-state index is -4.14. The van der Waals surface area contributed by atoms with Gasteiger partial charge in [-0.2, -0.15) is 13.2 Å². The van der Waals surface area contributed by atoms with Gasteiger partial charge in [0.15, 0.2) is 0 Å². The fourth-order valence-corrected chi connectivity index (χ4v) is 5.91. The zero-order valence-electron chi connectivity index (χ0n) is 21.9. The molecule has 212 valence electrons. The molecular weight excluding hydrogens is 514 g/mol. The topological polar surface area (TPSA) is 65.9 Å². The van der Waals surface area contributed by atoms with E-state index in [0.29, 0.717) is 56.1 Å². The summed E-state index contributed by atoms with van der Waals surface area (Å²) >= 11 is 0. The first-order chi connectivity index (χ1) is 18.6. The average Bonchev–Trinajstić information content (AvgIpc) is 2.89. The van der Waals surface area contributed by atoms with Gasteiger partial charge >= 0.3 is 6.18 Å². The molecule has 1 aromatic carbocycles. The van der Waals surface area contributed by atoms with E-state index in [1.807, 2.05) is 4.90 Å². The molecule has 3 aliphatic rings. The van der Waals surface area contributed by atoms with Crippen molar-refractivity contribution in [3.8, 4) is 17.0 Å². The molecule has 2 aliphatic heterocycles. The number of aliphatic hydroxyl groups excluding tert-OH is 1. The molecule has 5 rings (SSSR count). The molecule has 1 unspecified atom stereocenters. The number of ether oxygens (including phenoxy) is 1. The predicted molar refractivity (Wildman–Crippen MR) is 138 cm³/mol. The van der Waals surface area contributed by atoms with Gasteiger partial charge in [0, 0.05) is 48.6 Å². The Hall–Kier alpha value is -2.72. The number of benzene rings is 1. The number of carbonyl (C=O) groups is 1. The van der Waals surface area contributed by atoms with Crippen LogP contribution in [0.4, 0.5) is 17.6 Å². The first kappa shape index (κ1) is 27.8. The van der Waals surface area contributed by atoms with Crippen molar-refractivity contribution in [3.63, 3.8) is 0 Å². The number of alkyl halides is 3. The van der Waals surface area contributed by atoms with Gasteiger partial charge in [-0.1, -0.05) is 12.5 Å². The Morgan fingerprint density at radius 2 is 1.85 bits per heavy atom. The van der Waals surface area contributed by atoms with Gasteiger partial charge in [0.1, 0.15) is 5.82 Å². The van der Waals surface area contributed by atoms with E-state index in [2.05, 4.69) is 4.98 Å². The van der Waals surface area contributed by atoms with Gasteiger partial charge in [-0.3, -0.25) is 4.79 Å². The van der Waals surface area contributed by atoms with Crippen molar-refractivity contribution in [2.45, 2.75) is 57.2 Å². The molecule has 2 aromatic rings. The van der Waals surface area contributed by atoms with Crippen LogP contribution in [0.25, 0.3) is 11.1 Å². The Kier molecular flexibility index (Phi) is 8.14. The number of β-amino-alcohol motifs (C(OH)–C–C–N with tert-alkyl or cyclic N) is 1. The van der Waals surface area contributed by atoms with E-state index in [1.54, 1.807) is 29.2 Å². The zero-order valence-corrected chi connectivity index (χ0v) is 21.9. The van der Waals surface area contributed by atoms with Crippen LogP contribution >= 0.6 is 0 Å². The van der Waals surface area contributed by atoms with Gasteiger partial charge in [-0.25, -0.2) is 9.37 Å². The molecule has 1 aromatic heterocycles. The quantitative estimate of drug-likeness (QED) is 0.475. The fraction of sp³-hybridized carbons (Fsp3) is 0.586. The maximum atomic E-state index is 14.9. The Labute approximate surface area is 226 Å². The lowest BCUT2D eigenvalue weighted by Crippen LogP contribution is -2.53. The minimum absolute atomic E-state index is 0.0974. The number of rotatable bonds is 7. The number of carbonyl (C=O) groups excluding carboxylic acids is 1. The van der Waals surface area contributed by atoms with Crippen LogP contribution < -0.4 is 4.74 Å². The molecule has 39 heavy (non-hydrogen) atoms. The first-order valence-corrected chi connectivity index (χ1v) is 13.8. The van der Waals surface area contributed by atoms with E-state index < -0.39 is 23.5 Å². The molecule has 0 spiro atoms. The molecule has 3 fully saturated rings. The number of piperidine rings is 2. The van der Waals surface area contributed by atoms with E-state index in [-0.39, 0.29) is 43.3 Å². The second kappa shape index (κ2) is 11.4. The normalized spacial score (nSPS) is 22.4. The SMILES string of the molecule is O=C(c1ccc(-c2ccc(OCC3CCN(CC4(C(F)(F)F)CCC4)CC3)nc2)c(F)c1)N1CCCC(O)C1. The van der Waals surface area contributed by atoms with Crippen molar-refractivity contribution in [1.29, 1.82) is 0 Å². The molecule has 2 saturated heterocycles. The van der Waals surface area contributed by atoms with Gasteiger partial charge in [0.25, 0.3) is 5.91 Å². The number of hydrogen-bond donors (Lipinski definition) is 1. The number of nitrogens with zero attached hydrogens (tertiary/aromatic N) is 3. The van der Waals surface area contributed by atoms with Crippen molar-refractivity contribution >= 4 is 5.91 Å². The third-order valence-corrected chi connectivity index (χ3v) is 8.56. The number of aliphatic hydroxyl groups is 1. The second-order valence-corrected chi connectivity index (χ2v) is 11.3. The molecule has 6 nitrogen and oxygen atoms in total. The molecule has 0 radical (unpaired) electrons. The first-order valence-electron chi connectivity index (χ1n) is 13.8.